The third kappa shape index (κ3) is 4.01. The number of hydrogen-bond acceptors (Lipinski definition) is 6. The number of nitrogens with zero attached hydrogens (tertiary/aromatic N) is 8. The van der Waals surface area contributed by atoms with Crippen LogP contribution in [-0.2, 0) is 5.41 Å². The van der Waals surface area contributed by atoms with Crippen LogP contribution in [0.4, 0.5) is 11.6 Å². The largest absolute Gasteiger partial charge is 0.361 e. The van der Waals surface area contributed by atoms with Gasteiger partial charge in [-0.3, -0.25) is 0 Å². The SMILES string of the molecule is CN(C)c1ccn(-c2cccc(C(C)(C)c3cccc(-n4ccc(N(C)C)n4)n3)n2)n1. The van der Waals surface area contributed by atoms with Crippen LogP contribution in [0.1, 0.15) is 25.2 Å². The zero-order valence-electron chi connectivity index (χ0n) is 18.9. The monoisotopic (exact) mass is 416 g/mol. The van der Waals surface area contributed by atoms with Gasteiger partial charge < -0.3 is 9.80 Å². The van der Waals surface area contributed by atoms with Gasteiger partial charge in [0.15, 0.2) is 23.3 Å². The molecule has 0 N–H and O–H groups in total. The second-order valence-electron chi connectivity index (χ2n) is 8.41. The molecule has 0 amide bonds. The average molecular weight is 417 g/mol. The molecule has 0 bridgehead atoms. The van der Waals surface area contributed by atoms with Crippen molar-refractivity contribution < 1.29 is 0 Å². The summed E-state index contributed by atoms with van der Waals surface area (Å²) in [5.74, 6) is 3.32. The summed E-state index contributed by atoms with van der Waals surface area (Å²) in [5.41, 5.74) is 1.44. The van der Waals surface area contributed by atoms with Crippen LogP contribution in [-0.4, -0.2) is 57.7 Å². The van der Waals surface area contributed by atoms with Crippen molar-refractivity contribution in [3.05, 3.63) is 72.3 Å². The third-order valence-corrected chi connectivity index (χ3v) is 5.29. The van der Waals surface area contributed by atoms with Gasteiger partial charge in [-0.05, 0) is 38.1 Å². The van der Waals surface area contributed by atoms with Crippen molar-refractivity contribution in [3.8, 4) is 11.6 Å². The Bertz CT molecular complexity index is 1090. The Labute approximate surface area is 182 Å². The Morgan fingerprint density at radius 3 is 1.42 bits per heavy atom. The van der Waals surface area contributed by atoms with Gasteiger partial charge in [-0.25, -0.2) is 19.3 Å². The van der Waals surface area contributed by atoms with E-state index in [4.69, 9.17) is 9.97 Å². The first kappa shape index (κ1) is 20.6. The molecule has 4 aromatic heterocycles. The molecule has 0 aromatic carbocycles. The van der Waals surface area contributed by atoms with Gasteiger partial charge in [0.1, 0.15) is 0 Å². The molecule has 0 aliphatic heterocycles. The van der Waals surface area contributed by atoms with E-state index in [2.05, 4.69) is 24.0 Å². The maximum atomic E-state index is 4.91. The van der Waals surface area contributed by atoms with Crippen molar-refractivity contribution in [2.75, 3.05) is 38.0 Å². The molecule has 8 nitrogen and oxygen atoms in total. The summed E-state index contributed by atoms with van der Waals surface area (Å²) in [4.78, 5) is 13.8. The van der Waals surface area contributed by atoms with E-state index in [1.165, 1.54) is 0 Å². The topological polar surface area (TPSA) is 67.9 Å². The highest BCUT2D eigenvalue weighted by atomic mass is 15.4. The fourth-order valence-corrected chi connectivity index (χ4v) is 3.29. The van der Waals surface area contributed by atoms with Crippen LogP contribution in [0.2, 0.25) is 0 Å². The highest BCUT2D eigenvalue weighted by molar-refractivity contribution is 5.40. The van der Waals surface area contributed by atoms with Gasteiger partial charge in [0.05, 0.1) is 11.4 Å². The van der Waals surface area contributed by atoms with Gasteiger partial charge in [0, 0.05) is 58.1 Å². The molecule has 0 saturated heterocycles. The summed E-state index contributed by atoms with van der Waals surface area (Å²) in [6.45, 7) is 4.27. The zero-order chi connectivity index (χ0) is 22.2. The van der Waals surface area contributed by atoms with Crippen LogP contribution < -0.4 is 9.80 Å². The van der Waals surface area contributed by atoms with Crippen LogP contribution in [0.5, 0.6) is 0 Å². The van der Waals surface area contributed by atoms with Gasteiger partial charge in [0.2, 0.25) is 0 Å². The molecule has 0 unspecified atom stereocenters. The van der Waals surface area contributed by atoms with Crippen molar-refractivity contribution in [2.24, 2.45) is 0 Å². The first-order valence-electron chi connectivity index (χ1n) is 10.2. The van der Waals surface area contributed by atoms with Crippen molar-refractivity contribution in [1.82, 2.24) is 29.5 Å². The number of rotatable bonds is 6. The predicted octanol–water partition coefficient (Wildman–Crippen LogP) is 3.31. The molecule has 0 saturated carbocycles. The Morgan fingerprint density at radius 2 is 1.06 bits per heavy atom. The summed E-state index contributed by atoms with van der Waals surface area (Å²) in [6.07, 6.45) is 3.85. The van der Waals surface area contributed by atoms with Crippen LogP contribution in [0, 0.1) is 0 Å². The normalized spacial score (nSPS) is 11.5. The molecular weight excluding hydrogens is 388 g/mol. The molecule has 0 spiro atoms. The fraction of sp³-hybridized carbons (Fsp3) is 0.304. The van der Waals surface area contributed by atoms with E-state index in [1.54, 1.807) is 9.36 Å². The second-order valence-corrected chi connectivity index (χ2v) is 8.41. The van der Waals surface area contributed by atoms with Crippen molar-refractivity contribution >= 4 is 11.6 Å². The van der Waals surface area contributed by atoms with E-state index < -0.39 is 5.41 Å². The minimum atomic E-state index is -0.402. The third-order valence-electron chi connectivity index (χ3n) is 5.29. The van der Waals surface area contributed by atoms with Crippen molar-refractivity contribution in [3.63, 3.8) is 0 Å². The number of anilines is 2. The van der Waals surface area contributed by atoms with E-state index in [0.717, 1.165) is 34.7 Å². The maximum Gasteiger partial charge on any atom is 0.153 e. The van der Waals surface area contributed by atoms with Gasteiger partial charge in [-0.2, -0.15) is 0 Å². The van der Waals surface area contributed by atoms with E-state index in [0.29, 0.717) is 0 Å². The Hall–Kier alpha value is -3.68. The molecule has 4 rings (SSSR count). The molecule has 0 radical (unpaired) electrons. The lowest BCUT2D eigenvalue weighted by Gasteiger charge is -2.24. The van der Waals surface area contributed by atoms with Gasteiger partial charge >= 0.3 is 0 Å². The van der Waals surface area contributed by atoms with E-state index in [9.17, 15) is 0 Å². The van der Waals surface area contributed by atoms with Gasteiger partial charge in [0.25, 0.3) is 0 Å². The average Bonchev–Trinajstić information content (AvgIpc) is 3.44. The Balaban J connectivity index is 1.68. The van der Waals surface area contributed by atoms with Crippen LogP contribution >= 0.6 is 0 Å². The van der Waals surface area contributed by atoms with E-state index >= 15 is 0 Å². The van der Waals surface area contributed by atoms with Crippen LogP contribution in [0.3, 0.4) is 0 Å². The molecule has 4 heterocycles. The molecule has 160 valence electrons. The number of hydrogen-bond donors (Lipinski definition) is 0. The number of aromatic nitrogens is 6. The summed E-state index contributed by atoms with van der Waals surface area (Å²) in [7, 11) is 7.89. The zero-order valence-corrected chi connectivity index (χ0v) is 18.9. The maximum absolute atomic E-state index is 4.91. The van der Waals surface area contributed by atoms with Gasteiger partial charge in [-0.15, -0.1) is 10.2 Å². The summed E-state index contributed by atoms with van der Waals surface area (Å²) in [6, 6.07) is 15.9. The highest BCUT2D eigenvalue weighted by Gasteiger charge is 2.27. The molecule has 0 aliphatic carbocycles. The minimum Gasteiger partial charge on any atom is -0.361 e. The molecule has 4 aromatic rings. The van der Waals surface area contributed by atoms with Crippen LogP contribution in [0.15, 0.2) is 60.9 Å². The summed E-state index contributed by atoms with van der Waals surface area (Å²) >= 11 is 0. The molecule has 0 aliphatic rings. The number of pyridine rings is 2. The highest BCUT2D eigenvalue weighted by Crippen LogP contribution is 2.30. The first-order valence-corrected chi connectivity index (χ1v) is 10.2. The minimum absolute atomic E-state index is 0.402. The lowest BCUT2D eigenvalue weighted by molar-refractivity contribution is 0.588. The van der Waals surface area contributed by atoms with Gasteiger partial charge in [-0.1, -0.05) is 12.1 Å². The Kier molecular flexibility index (Phi) is 5.22. The predicted molar refractivity (Wildman–Crippen MR) is 124 cm³/mol. The van der Waals surface area contributed by atoms with Crippen molar-refractivity contribution in [1.29, 1.82) is 0 Å². The van der Waals surface area contributed by atoms with E-state index in [1.807, 2.05) is 98.9 Å². The van der Waals surface area contributed by atoms with Crippen molar-refractivity contribution in [2.45, 2.75) is 19.3 Å². The van der Waals surface area contributed by atoms with E-state index in [-0.39, 0.29) is 0 Å². The summed E-state index contributed by atoms with van der Waals surface area (Å²) in [5, 5.41) is 9.19. The Morgan fingerprint density at radius 1 is 0.645 bits per heavy atom. The smallest absolute Gasteiger partial charge is 0.153 e. The molecule has 31 heavy (non-hydrogen) atoms. The molecule has 8 heteroatoms. The lowest BCUT2D eigenvalue weighted by Crippen LogP contribution is -2.23. The second kappa shape index (κ2) is 7.86. The quantitative estimate of drug-likeness (QED) is 0.480. The lowest BCUT2D eigenvalue weighted by atomic mass is 9.84. The molecular formula is C23H28N8. The van der Waals surface area contributed by atoms with Crippen LogP contribution in [0.25, 0.3) is 11.6 Å². The fourth-order valence-electron chi connectivity index (χ4n) is 3.29. The standard InChI is InChI=1S/C23H28N8/c1-23(2,17-9-7-11-19(24-17)30-15-13-21(26-30)28(3)4)18-10-8-12-20(25-18)31-16-14-22(27-31)29(5)6/h7-16H,1-6H3. The molecule has 0 atom stereocenters. The first-order chi connectivity index (χ1) is 14.8. The molecule has 0 fully saturated rings. The summed E-state index contributed by atoms with van der Waals surface area (Å²) < 4.78 is 3.59.